The normalized spacial score (nSPS) is 24.1. The molecule has 0 aromatic rings. The van der Waals surface area contributed by atoms with Gasteiger partial charge in [0, 0.05) is 12.1 Å². The first kappa shape index (κ1) is 14.8. The van der Waals surface area contributed by atoms with Crippen molar-refractivity contribution in [2.24, 2.45) is 0 Å². The number of amides is 1. The molecule has 19 heavy (non-hydrogen) atoms. The van der Waals surface area contributed by atoms with Crippen molar-refractivity contribution in [2.45, 2.75) is 89.3 Å². The molecule has 2 aliphatic rings. The van der Waals surface area contributed by atoms with Gasteiger partial charge in [0.15, 0.2) is 0 Å². The maximum absolute atomic E-state index is 12.7. The van der Waals surface area contributed by atoms with E-state index in [9.17, 15) is 4.79 Å². The molecule has 0 aromatic carbocycles. The van der Waals surface area contributed by atoms with Gasteiger partial charge in [-0.1, -0.05) is 38.5 Å². The van der Waals surface area contributed by atoms with Gasteiger partial charge < -0.3 is 10.2 Å². The summed E-state index contributed by atoms with van der Waals surface area (Å²) in [6.45, 7) is 2.00. The zero-order valence-electron chi connectivity index (χ0n) is 12.7. The number of hydrogen-bond acceptors (Lipinski definition) is 2. The van der Waals surface area contributed by atoms with Crippen LogP contribution < -0.4 is 5.32 Å². The van der Waals surface area contributed by atoms with Gasteiger partial charge >= 0.3 is 0 Å². The molecule has 0 heterocycles. The molecule has 3 nitrogen and oxygen atoms in total. The van der Waals surface area contributed by atoms with Crippen LogP contribution in [0.1, 0.15) is 71.1 Å². The molecule has 0 aromatic heterocycles. The Morgan fingerprint density at radius 3 is 1.74 bits per heavy atom. The fourth-order valence-electron chi connectivity index (χ4n) is 3.72. The van der Waals surface area contributed by atoms with Crippen LogP contribution in [0.5, 0.6) is 0 Å². The lowest BCUT2D eigenvalue weighted by molar-refractivity contribution is -0.139. The standard InChI is InChI=1S/C16H30N2O/c1-13(17-2)16(19)18(14-9-5-3-6-10-14)15-11-7-4-8-12-15/h13-15,17H,3-12H2,1-2H3. The molecule has 1 N–H and O–H groups in total. The lowest BCUT2D eigenvalue weighted by Crippen LogP contribution is -2.54. The molecule has 1 amide bonds. The Hall–Kier alpha value is -0.570. The van der Waals surface area contributed by atoms with Gasteiger partial charge in [0.25, 0.3) is 0 Å². The van der Waals surface area contributed by atoms with Crippen LogP contribution in [-0.2, 0) is 4.79 Å². The van der Waals surface area contributed by atoms with Gasteiger partial charge in [0.1, 0.15) is 0 Å². The minimum absolute atomic E-state index is 0.0381. The molecule has 1 atom stereocenters. The number of nitrogens with zero attached hydrogens (tertiary/aromatic N) is 1. The third kappa shape index (κ3) is 3.71. The highest BCUT2D eigenvalue weighted by Crippen LogP contribution is 2.30. The summed E-state index contributed by atoms with van der Waals surface area (Å²) >= 11 is 0. The monoisotopic (exact) mass is 266 g/mol. The van der Waals surface area contributed by atoms with E-state index in [0.717, 1.165) is 0 Å². The van der Waals surface area contributed by atoms with Gasteiger partial charge in [0.05, 0.1) is 6.04 Å². The predicted molar refractivity (Wildman–Crippen MR) is 79.1 cm³/mol. The van der Waals surface area contributed by atoms with E-state index in [2.05, 4.69) is 10.2 Å². The maximum Gasteiger partial charge on any atom is 0.239 e. The molecule has 2 saturated carbocycles. The van der Waals surface area contributed by atoms with Gasteiger partial charge in [-0.15, -0.1) is 0 Å². The molecule has 2 fully saturated rings. The van der Waals surface area contributed by atoms with E-state index in [1.807, 2.05) is 14.0 Å². The highest BCUT2D eigenvalue weighted by Gasteiger charge is 2.33. The van der Waals surface area contributed by atoms with Crippen LogP contribution in [0, 0.1) is 0 Å². The molecule has 0 aliphatic heterocycles. The Morgan fingerprint density at radius 1 is 0.947 bits per heavy atom. The summed E-state index contributed by atoms with van der Waals surface area (Å²) in [4.78, 5) is 15.0. The topological polar surface area (TPSA) is 32.3 Å². The third-order valence-corrected chi connectivity index (χ3v) is 4.99. The van der Waals surface area contributed by atoms with Crippen molar-refractivity contribution >= 4 is 5.91 Å². The molecule has 0 bridgehead atoms. The van der Waals surface area contributed by atoms with Gasteiger partial charge in [-0.2, -0.15) is 0 Å². The summed E-state index contributed by atoms with van der Waals surface area (Å²) in [5.74, 6) is 0.335. The smallest absolute Gasteiger partial charge is 0.239 e. The van der Waals surface area contributed by atoms with Crippen LogP contribution in [0.25, 0.3) is 0 Å². The summed E-state index contributed by atoms with van der Waals surface area (Å²) < 4.78 is 0. The fraction of sp³-hybridized carbons (Fsp3) is 0.938. The van der Waals surface area contributed by atoms with Crippen LogP contribution in [-0.4, -0.2) is 36.0 Å². The van der Waals surface area contributed by atoms with E-state index >= 15 is 0 Å². The fourth-order valence-corrected chi connectivity index (χ4v) is 3.72. The lowest BCUT2D eigenvalue weighted by atomic mass is 9.88. The quantitative estimate of drug-likeness (QED) is 0.848. The summed E-state index contributed by atoms with van der Waals surface area (Å²) in [5, 5.41) is 3.13. The summed E-state index contributed by atoms with van der Waals surface area (Å²) in [5.41, 5.74) is 0. The van der Waals surface area contributed by atoms with Gasteiger partial charge in [-0.3, -0.25) is 4.79 Å². The van der Waals surface area contributed by atoms with E-state index < -0.39 is 0 Å². The lowest BCUT2D eigenvalue weighted by Gasteiger charge is -2.43. The Morgan fingerprint density at radius 2 is 1.37 bits per heavy atom. The van der Waals surface area contributed by atoms with Crippen LogP contribution in [0.2, 0.25) is 0 Å². The Bertz CT molecular complexity index is 262. The number of likely N-dealkylation sites (N-methyl/N-ethyl adjacent to an activating group) is 1. The van der Waals surface area contributed by atoms with Crippen LogP contribution in [0.15, 0.2) is 0 Å². The van der Waals surface area contributed by atoms with Gasteiger partial charge in [-0.05, 0) is 39.7 Å². The number of rotatable bonds is 4. The van der Waals surface area contributed by atoms with Crippen molar-refractivity contribution in [1.82, 2.24) is 10.2 Å². The summed E-state index contributed by atoms with van der Waals surface area (Å²) in [6.07, 6.45) is 12.8. The summed E-state index contributed by atoms with van der Waals surface area (Å²) in [7, 11) is 1.89. The second kappa shape index (κ2) is 7.28. The minimum atomic E-state index is -0.0381. The van der Waals surface area contributed by atoms with E-state index in [1.54, 1.807) is 0 Å². The average Bonchev–Trinajstić information content (AvgIpc) is 2.49. The van der Waals surface area contributed by atoms with E-state index in [4.69, 9.17) is 0 Å². The first-order chi connectivity index (χ1) is 9.24. The van der Waals surface area contributed by atoms with Crippen LogP contribution in [0.4, 0.5) is 0 Å². The molecule has 3 heteroatoms. The first-order valence-electron chi connectivity index (χ1n) is 8.23. The third-order valence-electron chi connectivity index (χ3n) is 4.99. The Balaban J connectivity index is 2.08. The zero-order chi connectivity index (χ0) is 13.7. The molecular weight excluding hydrogens is 236 g/mol. The number of nitrogens with one attached hydrogen (secondary N) is 1. The van der Waals surface area contributed by atoms with Crippen molar-refractivity contribution in [3.8, 4) is 0 Å². The molecule has 0 spiro atoms. The molecule has 0 radical (unpaired) electrons. The Kier molecular flexibility index (Phi) is 5.68. The highest BCUT2D eigenvalue weighted by atomic mass is 16.2. The second-order valence-electron chi connectivity index (χ2n) is 6.34. The first-order valence-corrected chi connectivity index (χ1v) is 8.23. The van der Waals surface area contributed by atoms with E-state index in [0.29, 0.717) is 18.0 Å². The molecule has 1 unspecified atom stereocenters. The molecule has 110 valence electrons. The predicted octanol–water partition coefficient (Wildman–Crippen LogP) is 3.09. The number of hydrogen-bond donors (Lipinski definition) is 1. The SMILES string of the molecule is CNC(C)C(=O)N(C1CCCCC1)C1CCCCC1. The minimum Gasteiger partial charge on any atom is -0.335 e. The van der Waals surface area contributed by atoms with Gasteiger partial charge in [-0.25, -0.2) is 0 Å². The van der Waals surface area contributed by atoms with Gasteiger partial charge in [0.2, 0.25) is 5.91 Å². The highest BCUT2D eigenvalue weighted by molar-refractivity contribution is 5.82. The van der Waals surface area contributed by atoms with Crippen LogP contribution in [0.3, 0.4) is 0 Å². The molecule has 2 rings (SSSR count). The van der Waals surface area contributed by atoms with E-state index in [1.165, 1.54) is 64.2 Å². The Labute approximate surface area is 118 Å². The average molecular weight is 266 g/mol. The summed E-state index contributed by atoms with van der Waals surface area (Å²) in [6, 6.07) is 0.990. The number of carbonyl (C=O) groups excluding carboxylic acids is 1. The largest absolute Gasteiger partial charge is 0.335 e. The maximum atomic E-state index is 12.7. The molecule has 0 saturated heterocycles. The number of carbonyl (C=O) groups is 1. The van der Waals surface area contributed by atoms with Crippen molar-refractivity contribution in [3.05, 3.63) is 0 Å². The van der Waals surface area contributed by atoms with Crippen molar-refractivity contribution in [2.75, 3.05) is 7.05 Å². The molecule has 2 aliphatic carbocycles. The van der Waals surface area contributed by atoms with Crippen molar-refractivity contribution in [1.29, 1.82) is 0 Å². The molecular formula is C16H30N2O. The van der Waals surface area contributed by atoms with Crippen LogP contribution >= 0.6 is 0 Å². The zero-order valence-corrected chi connectivity index (χ0v) is 12.7. The van der Waals surface area contributed by atoms with Crippen molar-refractivity contribution < 1.29 is 4.79 Å². The van der Waals surface area contributed by atoms with E-state index in [-0.39, 0.29) is 6.04 Å². The van der Waals surface area contributed by atoms with Crippen molar-refractivity contribution in [3.63, 3.8) is 0 Å². The second-order valence-corrected chi connectivity index (χ2v) is 6.34.